The summed E-state index contributed by atoms with van der Waals surface area (Å²) < 4.78 is 463. The van der Waals surface area contributed by atoms with Gasteiger partial charge in [-0.15, -0.1) is 0 Å². The topological polar surface area (TPSA) is 87.5 Å². The monoisotopic (exact) mass is 1070 g/mol. The molecule has 0 radical (unpaired) electrons. The lowest BCUT2D eigenvalue weighted by atomic mass is 9.88. The molecule has 394 valence electrons. The van der Waals surface area contributed by atoms with Crippen molar-refractivity contribution in [1.29, 1.82) is 0 Å². The zero-order valence-corrected chi connectivity index (χ0v) is 30.3. The highest BCUT2D eigenvalue weighted by Crippen LogP contribution is 2.66. The van der Waals surface area contributed by atoms with Crippen LogP contribution < -0.4 is 0 Å². The standard InChI is InChI=1S/C26H19F34N3O3/c27-11(28,13(31,32)15(35,36)17(39,40)19(43,44)21(47,48)23(51,52)25(55,56)57)3-1-5-65-7-9(62-63-61)10(64)8-66-6-2-4-12(29,30)14(33,34)16(37,38)18(41,42)20(45,46)22(49,50)24(53,54)26(58,59)60/h9-10,64H,1-8H2/t9-,10+/m0/s1. The lowest BCUT2D eigenvalue weighted by Crippen LogP contribution is -2.74. The van der Waals surface area contributed by atoms with Crippen LogP contribution in [0.4, 0.5) is 149 Å². The first-order valence-corrected chi connectivity index (χ1v) is 15.9. The number of aliphatic hydroxyl groups excluding tert-OH is 1. The maximum atomic E-state index is 14.0. The maximum absolute atomic E-state index is 14.0. The minimum absolute atomic E-state index is 1.48. The van der Waals surface area contributed by atoms with E-state index in [2.05, 4.69) is 14.6 Å². The van der Waals surface area contributed by atoms with Crippen molar-refractivity contribution >= 4 is 0 Å². The number of halogens is 34. The molecular formula is C26H19F34N3O3. The first kappa shape index (κ1) is 62.8. The summed E-state index contributed by atoms with van der Waals surface area (Å²) in [6.07, 6.45) is -28.4. The second-order valence-corrected chi connectivity index (χ2v) is 13.0. The predicted octanol–water partition coefficient (Wildman–Crippen LogP) is 12.6. The van der Waals surface area contributed by atoms with Crippen LogP contribution in [0.15, 0.2) is 5.11 Å². The van der Waals surface area contributed by atoms with Crippen LogP contribution in [0.1, 0.15) is 25.7 Å². The van der Waals surface area contributed by atoms with Crippen LogP contribution in [0, 0.1) is 0 Å². The summed E-state index contributed by atoms with van der Waals surface area (Å²) >= 11 is 0. The fourth-order valence-corrected chi connectivity index (χ4v) is 4.31. The van der Waals surface area contributed by atoms with Gasteiger partial charge in [0.25, 0.3) is 0 Å². The summed E-state index contributed by atoms with van der Waals surface area (Å²) in [4.78, 5) is 1.97. The summed E-state index contributed by atoms with van der Waals surface area (Å²) in [5.74, 6) is -117. The zero-order valence-electron chi connectivity index (χ0n) is 30.3. The van der Waals surface area contributed by atoms with Crippen LogP contribution in [0.5, 0.6) is 0 Å². The molecule has 0 aliphatic carbocycles. The van der Waals surface area contributed by atoms with Crippen molar-refractivity contribution in [2.45, 2.75) is 133 Å². The Morgan fingerprint density at radius 3 is 0.833 bits per heavy atom. The molecule has 0 spiro atoms. The molecule has 0 rings (SSSR count). The minimum atomic E-state index is -8.91. The highest BCUT2D eigenvalue weighted by atomic mass is 19.4. The summed E-state index contributed by atoms with van der Waals surface area (Å²) in [7, 11) is 0. The van der Waals surface area contributed by atoms with E-state index >= 15 is 0 Å². The Morgan fingerprint density at radius 2 is 0.591 bits per heavy atom. The van der Waals surface area contributed by atoms with Crippen LogP contribution in [0.3, 0.4) is 0 Å². The molecule has 2 atom stereocenters. The lowest BCUT2D eigenvalue weighted by Gasteiger charge is -2.42. The van der Waals surface area contributed by atoms with E-state index in [0.717, 1.165) is 0 Å². The summed E-state index contributed by atoms with van der Waals surface area (Å²) in [6, 6.07) is -2.27. The van der Waals surface area contributed by atoms with Crippen LogP contribution >= 0.6 is 0 Å². The van der Waals surface area contributed by atoms with Gasteiger partial charge in [-0.3, -0.25) is 0 Å². The Bertz CT molecular complexity index is 1670. The van der Waals surface area contributed by atoms with Crippen molar-refractivity contribution in [2.24, 2.45) is 5.11 Å². The molecule has 6 nitrogen and oxygen atoms in total. The fourth-order valence-electron chi connectivity index (χ4n) is 4.31. The number of hydrogen-bond donors (Lipinski definition) is 1. The molecule has 0 aliphatic heterocycles. The molecule has 0 bridgehead atoms. The van der Waals surface area contributed by atoms with Gasteiger partial charge in [-0.2, -0.15) is 149 Å². The number of ether oxygens (including phenoxy) is 2. The maximum Gasteiger partial charge on any atom is 0.460 e. The Hall–Kier alpha value is -3.19. The number of azide groups is 1. The lowest BCUT2D eigenvalue weighted by molar-refractivity contribution is -0.461. The van der Waals surface area contributed by atoms with Crippen molar-refractivity contribution in [3.63, 3.8) is 0 Å². The van der Waals surface area contributed by atoms with E-state index in [1.165, 1.54) is 0 Å². The smallest absolute Gasteiger partial charge is 0.390 e. The Kier molecular flexibility index (Phi) is 17.7. The van der Waals surface area contributed by atoms with Gasteiger partial charge in [0.1, 0.15) is 0 Å². The molecular weight excluding hydrogens is 1050 g/mol. The van der Waals surface area contributed by atoms with Crippen LogP contribution in [-0.4, -0.2) is 139 Å². The third-order valence-electron chi connectivity index (χ3n) is 8.35. The van der Waals surface area contributed by atoms with Gasteiger partial charge in [0.05, 0.1) is 25.4 Å². The molecule has 0 aromatic rings. The van der Waals surface area contributed by atoms with Crippen molar-refractivity contribution < 1.29 is 164 Å². The van der Waals surface area contributed by atoms with E-state index in [9.17, 15) is 154 Å². The predicted molar refractivity (Wildman–Crippen MR) is 140 cm³/mol. The summed E-state index contributed by atoms with van der Waals surface area (Å²) in [5.41, 5.74) is 8.48. The minimum Gasteiger partial charge on any atom is -0.390 e. The molecule has 0 saturated carbocycles. The highest BCUT2D eigenvalue weighted by Gasteiger charge is 2.96. The number of aliphatic hydroxyl groups is 1. The highest BCUT2D eigenvalue weighted by molar-refractivity contribution is 5.16. The van der Waals surface area contributed by atoms with Gasteiger partial charge in [-0.25, -0.2) is 0 Å². The van der Waals surface area contributed by atoms with E-state index in [1.54, 1.807) is 0 Å². The third kappa shape index (κ3) is 9.96. The van der Waals surface area contributed by atoms with Crippen molar-refractivity contribution in [2.75, 3.05) is 26.4 Å². The van der Waals surface area contributed by atoms with Gasteiger partial charge in [0.2, 0.25) is 0 Å². The van der Waals surface area contributed by atoms with Crippen LogP contribution in [-0.2, 0) is 9.47 Å². The summed E-state index contributed by atoms with van der Waals surface area (Å²) in [6.45, 7) is -6.32. The molecule has 0 aromatic heterocycles. The van der Waals surface area contributed by atoms with Gasteiger partial charge in [-0.05, 0) is 18.4 Å². The first-order valence-electron chi connectivity index (χ1n) is 15.9. The fraction of sp³-hybridized carbons (Fsp3) is 1.00. The van der Waals surface area contributed by atoms with Gasteiger partial charge < -0.3 is 14.6 Å². The van der Waals surface area contributed by atoms with E-state index in [1.807, 2.05) is 4.91 Å². The van der Waals surface area contributed by atoms with Crippen LogP contribution in [0.2, 0.25) is 0 Å². The molecule has 0 saturated heterocycles. The second kappa shape index (κ2) is 18.6. The molecule has 0 aliphatic rings. The van der Waals surface area contributed by atoms with E-state index < -0.39 is 160 Å². The van der Waals surface area contributed by atoms with Crippen LogP contribution in [0.25, 0.3) is 10.4 Å². The number of hydrogen-bond acceptors (Lipinski definition) is 4. The number of alkyl halides is 34. The van der Waals surface area contributed by atoms with E-state index in [4.69, 9.17) is 5.53 Å². The Labute approximate surface area is 340 Å². The zero-order chi connectivity index (χ0) is 53.6. The van der Waals surface area contributed by atoms with Crippen molar-refractivity contribution in [3.8, 4) is 0 Å². The van der Waals surface area contributed by atoms with E-state index in [0.29, 0.717) is 0 Å². The largest absolute Gasteiger partial charge is 0.460 e. The SMILES string of the molecule is [N-]=[N+]=N[C@@H](COCCCC(F)(F)C(F)(F)C(F)(F)C(F)(F)C(F)(F)C(F)(F)C(F)(F)C(F)(F)F)[C@H](O)COCCCC(F)(F)C(F)(F)C(F)(F)C(F)(F)C(F)(F)C(F)(F)C(F)(F)C(F)(F)F. The normalized spacial score (nSPS) is 16.9. The first-order chi connectivity index (χ1) is 28.5. The Balaban J connectivity index is 5.76. The molecule has 40 heteroatoms. The quantitative estimate of drug-likeness (QED) is 0.0308. The molecule has 0 amide bonds. The van der Waals surface area contributed by atoms with Crippen molar-refractivity contribution in [3.05, 3.63) is 10.4 Å². The van der Waals surface area contributed by atoms with E-state index in [-0.39, 0.29) is 0 Å². The second-order valence-electron chi connectivity index (χ2n) is 13.0. The number of rotatable bonds is 26. The molecule has 0 heterocycles. The molecule has 0 fully saturated rings. The molecule has 0 unspecified atom stereocenters. The van der Waals surface area contributed by atoms with Gasteiger partial charge >= 0.3 is 95.3 Å². The van der Waals surface area contributed by atoms with Crippen molar-refractivity contribution in [1.82, 2.24) is 0 Å². The van der Waals surface area contributed by atoms with Gasteiger partial charge in [-0.1, -0.05) is 5.11 Å². The van der Waals surface area contributed by atoms with Gasteiger partial charge in [0.15, 0.2) is 0 Å². The summed E-state index contributed by atoms with van der Waals surface area (Å²) in [5, 5.41) is 12.5. The van der Waals surface area contributed by atoms with Gasteiger partial charge in [0, 0.05) is 31.0 Å². The average Bonchev–Trinajstić information content (AvgIpc) is 3.11. The molecule has 1 N–H and O–H groups in total. The third-order valence-corrected chi connectivity index (χ3v) is 8.35. The molecule has 66 heavy (non-hydrogen) atoms. The average molecular weight is 1070 g/mol. The number of nitrogens with zero attached hydrogens (tertiary/aromatic N) is 3. The molecule has 0 aromatic carbocycles. The Morgan fingerprint density at radius 1 is 0.364 bits per heavy atom.